The molecule has 5 aromatic carbocycles. The minimum atomic E-state index is -1.01. The Morgan fingerprint density at radius 1 is 0.653 bits per heavy atom. The Bertz CT molecular complexity index is 1700. The molecule has 49 heavy (non-hydrogen) atoms. The predicted octanol–water partition coefficient (Wildman–Crippen LogP) is 8.52. The molecule has 1 saturated heterocycles. The molecule has 1 aliphatic rings. The van der Waals surface area contributed by atoms with Gasteiger partial charge in [-0.2, -0.15) is 0 Å². The molecule has 6 rings (SSSR count). The average molecular weight is 679 g/mol. The second-order valence-corrected chi connectivity index (χ2v) is 12.6. The van der Waals surface area contributed by atoms with Crippen molar-refractivity contribution in [2.24, 2.45) is 0 Å². The van der Waals surface area contributed by atoms with Gasteiger partial charge in [-0.3, -0.25) is 0 Å². The van der Waals surface area contributed by atoms with Crippen molar-refractivity contribution in [2.45, 2.75) is 63.7 Å². The standard InChI is InChI=1S/C42H43ClO6/c1-2-46-36-21-18-30(19-22-36)24-35-25-34(20-23-37(35)43)40-42(48-28-33-16-10-5-11-17-33)41(47-27-32-14-8-4-9-15-32)39(44)38(49-40)29-45-26-31-12-6-3-7-13-31/h3-23,25,38-42,44H,2,24,26-29H2,1H3/t38-,39-,40+,41+,42+/m1/s1. The Kier molecular flexibility index (Phi) is 12.5. The summed E-state index contributed by atoms with van der Waals surface area (Å²) in [4.78, 5) is 0. The van der Waals surface area contributed by atoms with Gasteiger partial charge in [0.1, 0.15) is 36.3 Å². The Morgan fingerprint density at radius 3 is 1.82 bits per heavy atom. The quantitative estimate of drug-likeness (QED) is 0.120. The summed E-state index contributed by atoms with van der Waals surface area (Å²) in [5, 5.41) is 12.5. The zero-order valence-electron chi connectivity index (χ0n) is 27.7. The second kappa shape index (κ2) is 17.6. The molecule has 7 heteroatoms. The van der Waals surface area contributed by atoms with E-state index in [2.05, 4.69) is 18.2 Å². The van der Waals surface area contributed by atoms with E-state index in [-0.39, 0.29) is 6.61 Å². The van der Waals surface area contributed by atoms with E-state index in [1.807, 2.05) is 122 Å². The van der Waals surface area contributed by atoms with Crippen LogP contribution in [-0.4, -0.2) is 42.7 Å². The van der Waals surface area contributed by atoms with Gasteiger partial charge in [-0.05, 0) is 64.9 Å². The highest BCUT2D eigenvalue weighted by Crippen LogP contribution is 2.38. The molecule has 0 amide bonds. The molecule has 254 valence electrons. The third-order valence-electron chi connectivity index (χ3n) is 8.65. The van der Waals surface area contributed by atoms with Crippen LogP contribution in [0.4, 0.5) is 0 Å². The summed E-state index contributed by atoms with van der Waals surface area (Å²) in [6, 6.07) is 43.9. The van der Waals surface area contributed by atoms with E-state index in [0.29, 0.717) is 37.9 Å². The number of benzene rings is 5. The fourth-order valence-electron chi connectivity index (χ4n) is 6.10. The van der Waals surface area contributed by atoms with Crippen molar-refractivity contribution in [2.75, 3.05) is 13.2 Å². The van der Waals surface area contributed by atoms with E-state index in [1.165, 1.54) is 0 Å². The Hall–Kier alpha value is -4.01. The van der Waals surface area contributed by atoms with E-state index in [1.54, 1.807) is 0 Å². The minimum Gasteiger partial charge on any atom is -0.494 e. The zero-order chi connectivity index (χ0) is 33.8. The maximum Gasteiger partial charge on any atom is 0.119 e. The van der Waals surface area contributed by atoms with Crippen LogP contribution < -0.4 is 4.74 Å². The topological polar surface area (TPSA) is 66.4 Å². The van der Waals surface area contributed by atoms with E-state index in [9.17, 15) is 5.11 Å². The fourth-order valence-corrected chi connectivity index (χ4v) is 6.29. The largest absolute Gasteiger partial charge is 0.494 e. The summed E-state index contributed by atoms with van der Waals surface area (Å²) in [6.45, 7) is 3.79. The van der Waals surface area contributed by atoms with Crippen LogP contribution in [0.15, 0.2) is 133 Å². The average Bonchev–Trinajstić information content (AvgIpc) is 3.14. The molecule has 0 spiro atoms. The molecule has 1 aliphatic heterocycles. The predicted molar refractivity (Wildman–Crippen MR) is 192 cm³/mol. The second-order valence-electron chi connectivity index (χ2n) is 12.2. The van der Waals surface area contributed by atoms with E-state index < -0.39 is 30.5 Å². The minimum absolute atomic E-state index is 0.176. The van der Waals surface area contributed by atoms with Crippen LogP contribution in [0.25, 0.3) is 0 Å². The molecule has 1 fully saturated rings. The van der Waals surface area contributed by atoms with Crippen molar-refractivity contribution < 1.29 is 28.8 Å². The van der Waals surface area contributed by atoms with Crippen LogP contribution in [0.2, 0.25) is 5.02 Å². The molecule has 1 N–H and O–H groups in total. The maximum absolute atomic E-state index is 11.8. The molecule has 0 radical (unpaired) electrons. The number of halogens is 1. The van der Waals surface area contributed by atoms with Gasteiger partial charge < -0.3 is 28.8 Å². The van der Waals surface area contributed by atoms with Crippen molar-refractivity contribution in [1.82, 2.24) is 0 Å². The lowest BCUT2D eigenvalue weighted by Gasteiger charge is -2.45. The van der Waals surface area contributed by atoms with Crippen molar-refractivity contribution in [3.8, 4) is 5.75 Å². The van der Waals surface area contributed by atoms with Gasteiger partial charge in [-0.25, -0.2) is 0 Å². The smallest absolute Gasteiger partial charge is 0.119 e. The van der Waals surface area contributed by atoms with Crippen molar-refractivity contribution >= 4 is 11.6 Å². The van der Waals surface area contributed by atoms with Crippen LogP contribution >= 0.6 is 11.6 Å². The Labute approximate surface area is 294 Å². The van der Waals surface area contributed by atoms with Crippen LogP contribution in [0, 0.1) is 0 Å². The van der Waals surface area contributed by atoms with E-state index in [0.717, 1.165) is 39.1 Å². The van der Waals surface area contributed by atoms with Gasteiger partial charge in [0.05, 0.1) is 33.0 Å². The summed E-state index contributed by atoms with van der Waals surface area (Å²) in [6.07, 6.45) is -2.97. The van der Waals surface area contributed by atoms with Crippen LogP contribution in [-0.2, 0) is 45.2 Å². The first kappa shape index (κ1) is 34.8. The summed E-state index contributed by atoms with van der Waals surface area (Å²) in [5.74, 6) is 0.834. The summed E-state index contributed by atoms with van der Waals surface area (Å²) in [5.41, 5.74) is 6.01. The SMILES string of the molecule is CCOc1ccc(Cc2cc([C@@H]3O[C@H](COCc4ccccc4)[C@@H](O)[C@H](OCc4ccccc4)[C@H]3OCc3ccccc3)ccc2Cl)cc1. The number of hydrogen-bond acceptors (Lipinski definition) is 6. The lowest BCUT2D eigenvalue weighted by atomic mass is 9.89. The monoisotopic (exact) mass is 678 g/mol. The van der Waals surface area contributed by atoms with Crippen LogP contribution in [0.1, 0.15) is 46.4 Å². The van der Waals surface area contributed by atoms with Crippen LogP contribution in [0.5, 0.6) is 5.75 Å². The number of hydrogen-bond donors (Lipinski definition) is 1. The highest BCUT2D eigenvalue weighted by Gasteiger charge is 2.47. The van der Waals surface area contributed by atoms with Gasteiger partial charge in [-0.15, -0.1) is 0 Å². The molecule has 5 aromatic rings. The molecular formula is C42H43ClO6. The molecule has 6 nitrogen and oxygen atoms in total. The van der Waals surface area contributed by atoms with Crippen molar-refractivity contribution in [3.63, 3.8) is 0 Å². The highest BCUT2D eigenvalue weighted by molar-refractivity contribution is 6.31. The number of ether oxygens (including phenoxy) is 5. The summed E-state index contributed by atoms with van der Waals surface area (Å²) in [7, 11) is 0. The third-order valence-corrected chi connectivity index (χ3v) is 9.02. The first-order chi connectivity index (χ1) is 24.1. The normalized spacial score (nSPS) is 20.6. The Morgan fingerprint density at radius 2 is 1.22 bits per heavy atom. The number of aliphatic hydroxyl groups is 1. The molecule has 0 aliphatic carbocycles. The molecule has 5 atom stereocenters. The van der Waals surface area contributed by atoms with Gasteiger partial charge in [0, 0.05) is 5.02 Å². The van der Waals surface area contributed by atoms with Gasteiger partial charge in [0.15, 0.2) is 0 Å². The number of rotatable bonds is 15. The first-order valence-electron chi connectivity index (χ1n) is 16.8. The Balaban J connectivity index is 1.30. The molecule has 0 bridgehead atoms. The van der Waals surface area contributed by atoms with Gasteiger partial charge in [-0.1, -0.05) is 127 Å². The van der Waals surface area contributed by atoms with Crippen LogP contribution in [0.3, 0.4) is 0 Å². The maximum atomic E-state index is 11.8. The van der Waals surface area contributed by atoms with Gasteiger partial charge in [0.2, 0.25) is 0 Å². The molecular weight excluding hydrogens is 636 g/mol. The third kappa shape index (κ3) is 9.58. The van der Waals surface area contributed by atoms with Gasteiger partial charge in [0.25, 0.3) is 0 Å². The van der Waals surface area contributed by atoms with E-state index in [4.69, 9.17) is 35.3 Å². The summed E-state index contributed by atoms with van der Waals surface area (Å²) < 4.78 is 31.7. The first-order valence-corrected chi connectivity index (χ1v) is 17.2. The molecule has 0 saturated carbocycles. The van der Waals surface area contributed by atoms with Crippen molar-refractivity contribution in [1.29, 1.82) is 0 Å². The fraction of sp³-hybridized carbons (Fsp3) is 0.286. The van der Waals surface area contributed by atoms with Gasteiger partial charge >= 0.3 is 0 Å². The summed E-state index contributed by atoms with van der Waals surface area (Å²) >= 11 is 6.79. The van der Waals surface area contributed by atoms with Crippen molar-refractivity contribution in [3.05, 3.63) is 172 Å². The molecule has 0 aromatic heterocycles. The zero-order valence-corrected chi connectivity index (χ0v) is 28.5. The molecule has 0 unspecified atom stereocenters. The molecule has 1 heterocycles. The van der Waals surface area contributed by atoms with E-state index >= 15 is 0 Å². The lowest BCUT2D eigenvalue weighted by molar-refractivity contribution is -0.263. The lowest BCUT2D eigenvalue weighted by Crippen LogP contribution is -2.57. The highest BCUT2D eigenvalue weighted by atomic mass is 35.5. The number of aliphatic hydroxyl groups excluding tert-OH is 1.